The first kappa shape index (κ1) is 17.2. The molecule has 25 heavy (non-hydrogen) atoms. The predicted molar refractivity (Wildman–Crippen MR) is 99.3 cm³/mol. The number of anilines is 1. The van der Waals surface area contributed by atoms with Crippen LogP contribution in [0.15, 0.2) is 48.5 Å². The zero-order chi connectivity index (χ0) is 17.8. The second kappa shape index (κ2) is 7.51. The zero-order valence-electron chi connectivity index (χ0n) is 14.8. The monoisotopic (exact) mass is 336 g/mol. The molecule has 0 aromatic heterocycles. The largest absolute Gasteiger partial charge is 0.352 e. The fraction of sp³-hybridized carbons (Fsp3) is 0.333. The number of hydrogen-bond acceptors (Lipinski definition) is 2. The van der Waals surface area contributed by atoms with Crippen LogP contribution in [0.2, 0.25) is 0 Å². The van der Waals surface area contributed by atoms with E-state index in [9.17, 15) is 9.59 Å². The molecule has 0 bridgehead atoms. The molecule has 3 rings (SSSR count). The average Bonchev–Trinajstić information content (AvgIpc) is 3.03. The second-order valence-corrected chi connectivity index (χ2v) is 6.57. The summed E-state index contributed by atoms with van der Waals surface area (Å²) in [5.41, 5.74) is 4.37. The van der Waals surface area contributed by atoms with Crippen molar-refractivity contribution in [3.63, 3.8) is 0 Å². The standard InChI is InChI=1S/C21H24N2O2/c1-3-16-8-10-19(11-9-16)23-14-18(12-20(23)24)21(25)22-13-17-7-5-4-6-15(17)2/h4-11,18H,3,12-14H2,1-2H3,(H,22,25)/t18-/m0/s1. The molecule has 0 unspecified atom stereocenters. The average molecular weight is 336 g/mol. The number of aryl methyl sites for hydroxylation is 2. The summed E-state index contributed by atoms with van der Waals surface area (Å²) in [6.07, 6.45) is 1.24. The lowest BCUT2D eigenvalue weighted by molar-refractivity contribution is -0.126. The maximum atomic E-state index is 12.5. The summed E-state index contributed by atoms with van der Waals surface area (Å²) in [5.74, 6) is -0.327. The van der Waals surface area contributed by atoms with Gasteiger partial charge in [0.2, 0.25) is 11.8 Å². The first-order valence-electron chi connectivity index (χ1n) is 8.80. The van der Waals surface area contributed by atoms with E-state index in [1.807, 2.05) is 55.5 Å². The summed E-state index contributed by atoms with van der Waals surface area (Å²) in [4.78, 5) is 26.5. The molecule has 0 aliphatic carbocycles. The van der Waals surface area contributed by atoms with Gasteiger partial charge in [-0.25, -0.2) is 0 Å². The summed E-state index contributed by atoms with van der Waals surface area (Å²) >= 11 is 0. The first-order chi connectivity index (χ1) is 12.1. The molecule has 1 atom stereocenters. The van der Waals surface area contributed by atoms with Crippen molar-refractivity contribution in [3.8, 4) is 0 Å². The van der Waals surface area contributed by atoms with Crippen LogP contribution in [0.3, 0.4) is 0 Å². The minimum Gasteiger partial charge on any atom is -0.352 e. The molecule has 2 amide bonds. The zero-order valence-corrected chi connectivity index (χ0v) is 14.8. The summed E-state index contributed by atoms with van der Waals surface area (Å²) in [6, 6.07) is 16.0. The Kier molecular flexibility index (Phi) is 5.17. The van der Waals surface area contributed by atoms with E-state index in [2.05, 4.69) is 12.2 Å². The number of carbonyl (C=O) groups excluding carboxylic acids is 2. The van der Waals surface area contributed by atoms with Crippen LogP contribution in [0, 0.1) is 12.8 Å². The molecule has 1 aliphatic rings. The van der Waals surface area contributed by atoms with Crippen LogP contribution in [0.4, 0.5) is 5.69 Å². The van der Waals surface area contributed by atoms with E-state index >= 15 is 0 Å². The number of nitrogens with one attached hydrogen (secondary N) is 1. The Morgan fingerprint density at radius 3 is 2.56 bits per heavy atom. The topological polar surface area (TPSA) is 49.4 Å². The third-order valence-corrected chi connectivity index (χ3v) is 4.87. The van der Waals surface area contributed by atoms with E-state index in [4.69, 9.17) is 0 Å². The number of hydrogen-bond donors (Lipinski definition) is 1. The van der Waals surface area contributed by atoms with Crippen LogP contribution >= 0.6 is 0 Å². The van der Waals surface area contributed by atoms with Crippen LogP contribution in [0.1, 0.15) is 30.0 Å². The van der Waals surface area contributed by atoms with Gasteiger partial charge >= 0.3 is 0 Å². The van der Waals surface area contributed by atoms with Crippen molar-refractivity contribution in [1.82, 2.24) is 5.32 Å². The van der Waals surface area contributed by atoms with Crippen molar-refractivity contribution in [2.45, 2.75) is 33.2 Å². The lowest BCUT2D eigenvalue weighted by Crippen LogP contribution is -2.32. The molecule has 1 saturated heterocycles. The first-order valence-corrected chi connectivity index (χ1v) is 8.80. The van der Waals surface area contributed by atoms with Gasteiger partial charge in [-0.2, -0.15) is 0 Å². The van der Waals surface area contributed by atoms with Gasteiger partial charge in [0.05, 0.1) is 5.92 Å². The highest BCUT2D eigenvalue weighted by molar-refractivity contribution is 6.00. The molecule has 4 heteroatoms. The highest BCUT2D eigenvalue weighted by Crippen LogP contribution is 2.25. The molecule has 0 radical (unpaired) electrons. The summed E-state index contributed by atoms with van der Waals surface area (Å²) < 4.78 is 0. The smallest absolute Gasteiger partial charge is 0.227 e. The van der Waals surface area contributed by atoms with Gasteiger partial charge < -0.3 is 10.2 Å². The Hall–Kier alpha value is -2.62. The molecular weight excluding hydrogens is 312 g/mol. The van der Waals surface area contributed by atoms with Crippen molar-refractivity contribution in [2.75, 3.05) is 11.4 Å². The molecular formula is C21H24N2O2. The highest BCUT2D eigenvalue weighted by Gasteiger charge is 2.34. The van der Waals surface area contributed by atoms with Gasteiger partial charge in [-0.3, -0.25) is 9.59 Å². The Balaban J connectivity index is 1.61. The summed E-state index contributed by atoms with van der Waals surface area (Å²) in [6.45, 7) is 5.08. The maximum Gasteiger partial charge on any atom is 0.227 e. The highest BCUT2D eigenvalue weighted by atomic mass is 16.2. The minimum atomic E-state index is -0.289. The van der Waals surface area contributed by atoms with Gasteiger partial charge in [-0.1, -0.05) is 43.3 Å². The minimum absolute atomic E-state index is 0.0142. The van der Waals surface area contributed by atoms with Gasteiger partial charge in [0.1, 0.15) is 0 Å². The van der Waals surface area contributed by atoms with Crippen molar-refractivity contribution < 1.29 is 9.59 Å². The maximum absolute atomic E-state index is 12.5. The van der Waals surface area contributed by atoms with Gasteiger partial charge in [-0.15, -0.1) is 0 Å². The quantitative estimate of drug-likeness (QED) is 0.911. The molecule has 2 aromatic rings. The lowest BCUT2D eigenvalue weighted by Gasteiger charge is -2.17. The fourth-order valence-corrected chi connectivity index (χ4v) is 3.18. The SMILES string of the molecule is CCc1ccc(N2C[C@@H](C(=O)NCc3ccccc3C)CC2=O)cc1. The third kappa shape index (κ3) is 3.90. The Morgan fingerprint density at radius 1 is 1.16 bits per heavy atom. The number of nitrogens with zero attached hydrogens (tertiary/aromatic N) is 1. The normalized spacial score (nSPS) is 17.0. The summed E-state index contributed by atoms with van der Waals surface area (Å²) in [7, 11) is 0. The van der Waals surface area contributed by atoms with E-state index in [0.717, 1.165) is 23.2 Å². The summed E-state index contributed by atoms with van der Waals surface area (Å²) in [5, 5.41) is 2.97. The molecule has 4 nitrogen and oxygen atoms in total. The van der Waals surface area contributed by atoms with Gasteiger partial charge in [0.15, 0.2) is 0 Å². The van der Waals surface area contributed by atoms with Crippen LogP contribution in [0.25, 0.3) is 0 Å². The van der Waals surface area contributed by atoms with Crippen molar-refractivity contribution in [2.24, 2.45) is 5.92 Å². The van der Waals surface area contributed by atoms with E-state index in [1.54, 1.807) is 4.90 Å². The van der Waals surface area contributed by atoms with Crippen LogP contribution in [0.5, 0.6) is 0 Å². The lowest BCUT2D eigenvalue weighted by atomic mass is 10.1. The van der Waals surface area contributed by atoms with Crippen LogP contribution in [-0.4, -0.2) is 18.4 Å². The molecule has 2 aromatic carbocycles. The second-order valence-electron chi connectivity index (χ2n) is 6.57. The molecule has 1 aliphatic heterocycles. The van der Waals surface area contributed by atoms with E-state index < -0.39 is 0 Å². The van der Waals surface area contributed by atoms with Gasteiger partial charge in [0.25, 0.3) is 0 Å². The van der Waals surface area contributed by atoms with Gasteiger partial charge in [0, 0.05) is 25.2 Å². The van der Waals surface area contributed by atoms with Gasteiger partial charge in [-0.05, 0) is 42.2 Å². The van der Waals surface area contributed by atoms with E-state index in [-0.39, 0.29) is 24.2 Å². The molecule has 0 spiro atoms. The number of benzene rings is 2. The van der Waals surface area contributed by atoms with Crippen molar-refractivity contribution >= 4 is 17.5 Å². The Labute approximate surface area is 148 Å². The number of amides is 2. The fourth-order valence-electron chi connectivity index (χ4n) is 3.18. The molecule has 1 heterocycles. The molecule has 1 N–H and O–H groups in total. The molecule has 0 saturated carbocycles. The number of carbonyl (C=O) groups is 2. The Bertz CT molecular complexity index is 768. The molecule has 1 fully saturated rings. The van der Waals surface area contributed by atoms with E-state index in [1.165, 1.54) is 5.56 Å². The Morgan fingerprint density at radius 2 is 1.88 bits per heavy atom. The molecule has 130 valence electrons. The van der Waals surface area contributed by atoms with Crippen LogP contribution in [-0.2, 0) is 22.6 Å². The third-order valence-electron chi connectivity index (χ3n) is 4.87. The van der Waals surface area contributed by atoms with E-state index in [0.29, 0.717) is 13.1 Å². The van der Waals surface area contributed by atoms with Crippen molar-refractivity contribution in [1.29, 1.82) is 0 Å². The number of rotatable bonds is 5. The van der Waals surface area contributed by atoms with Crippen LogP contribution < -0.4 is 10.2 Å². The van der Waals surface area contributed by atoms with Crippen molar-refractivity contribution in [3.05, 3.63) is 65.2 Å². The predicted octanol–water partition coefficient (Wildman–Crippen LogP) is 3.23.